The first-order valence-corrected chi connectivity index (χ1v) is 7.11. The number of hydrogen-bond donors (Lipinski definition) is 1. The average Bonchev–Trinajstić information content (AvgIpc) is 2.38. The van der Waals surface area contributed by atoms with Gasteiger partial charge in [-0.05, 0) is 32.9 Å². The molecule has 1 aliphatic heterocycles. The van der Waals surface area contributed by atoms with Gasteiger partial charge in [0.05, 0.1) is 6.10 Å². The molecule has 2 rings (SSSR count). The van der Waals surface area contributed by atoms with Crippen molar-refractivity contribution >= 4 is 11.6 Å². The van der Waals surface area contributed by atoms with Gasteiger partial charge in [-0.2, -0.15) is 0 Å². The fourth-order valence-corrected chi connectivity index (χ4v) is 2.68. The summed E-state index contributed by atoms with van der Waals surface area (Å²) < 4.78 is 0. The summed E-state index contributed by atoms with van der Waals surface area (Å²) in [6.07, 6.45) is 1.36. The molecular formula is C15H23N3O2. The lowest BCUT2D eigenvalue weighted by Crippen LogP contribution is -2.53. The summed E-state index contributed by atoms with van der Waals surface area (Å²) in [5.74, 6) is 0.957. The summed E-state index contributed by atoms with van der Waals surface area (Å²) >= 11 is 0. The number of piperazine rings is 1. The number of β-amino-alcohol motifs (C(OH)–C–C–N with tert-alkyl or cyclic N) is 1. The summed E-state index contributed by atoms with van der Waals surface area (Å²) in [7, 11) is 0. The molecule has 5 nitrogen and oxygen atoms in total. The lowest BCUT2D eigenvalue weighted by atomic mass is 10.1. The number of anilines is 1. The fourth-order valence-electron chi connectivity index (χ4n) is 2.68. The fraction of sp³-hybridized carbons (Fsp3) is 0.600. The number of rotatable bonds is 4. The van der Waals surface area contributed by atoms with Crippen molar-refractivity contribution in [3.63, 3.8) is 0 Å². The number of carbonyl (C=O) groups excluding carboxylic acids is 1. The van der Waals surface area contributed by atoms with Gasteiger partial charge in [-0.3, -0.25) is 9.69 Å². The Morgan fingerprint density at radius 1 is 1.50 bits per heavy atom. The van der Waals surface area contributed by atoms with Crippen LogP contribution < -0.4 is 4.90 Å². The van der Waals surface area contributed by atoms with Crippen LogP contribution in [0.5, 0.6) is 0 Å². The number of hydrogen-bond acceptors (Lipinski definition) is 5. The first-order chi connectivity index (χ1) is 9.47. The van der Waals surface area contributed by atoms with Gasteiger partial charge in [-0.15, -0.1) is 0 Å². The second kappa shape index (κ2) is 6.33. The van der Waals surface area contributed by atoms with Gasteiger partial charge in [-0.1, -0.05) is 0 Å². The van der Waals surface area contributed by atoms with Crippen LogP contribution in [0.4, 0.5) is 5.82 Å². The summed E-state index contributed by atoms with van der Waals surface area (Å²) in [5.41, 5.74) is 0.647. The van der Waals surface area contributed by atoms with E-state index in [4.69, 9.17) is 0 Å². The van der Waals surface area contributed by atoms with Gasteiger partial charge in [0.15, 0.2) is 5.78 Å². The van der Waals surface area contributed by atoms with Crippen molar-refractivity contribution in [2.24, 2.45) is 0 Å². The van der Waals surface area contributed by atoms with Crippen LogP contribution in [0.3, 0.4) is 0 Å². The monoisotopic (exact) mass is 277 g/mol. The van der Waals surface area contributed by atoms with E-state index in [2.05, 4.69) is 21.7 Å². The van der Waals surface area contributed by atoms with Crippen LogP contribution >= 0.6 is 0 Å². The zero-order chi connectivity index (χ0) is 14.7. The minimum Gasteiger partial charge on any atom is -0.392 e. The lowest BCUT2D eigenvalue weighted by molar-refractivity contribution is 0.101. The van der Waals surface area contributed by atoms with Gasteiger partial charge < -0.3 is 10.0 Å². The molecule has 0 amide bonds. The van der Waals surface area contributed by atoms with E-state index >= 15 is 0 Å². The Kier molecular flexibility index (Phi) is 4.73. The zero-order valence-corrected chi connectivity index (χ0v) is 12.4. The maximum atomic E-state index is 11.3. The Morgan fingerprint density at radius 2 is 2.25 bits per heavy atom. The molecule has 0 aliphatic carbocycles. The van der Waals surface area contributed by atoms with Gasteiger partial charge in [-0.25, -0.2) is 4.98 Å². The molecule has 1 fully saturated rings. The minimum absolute atomic E-state index is 0.0406. The smallest absolute Gasteiger partial charge is 0.161 e. The van der Waals surface area contributed by atoms with Crippen molar-refractivity contribution in [2.45, 2.75) is 32.9 Å². The van der Waals surface area contributed by atoms with E-state index in [0.717, 1.165) is 32.0 Å². The normalized spacial score (nSPS) is 21.8. The van der Waals surface area contributed by atoms with E-state index in [-0.39, 0.29) is 11.9 Å². The van der Waals surface area contributed by atoms with Crippen LogP contribution in [0.2, 0.25) is 0 Å². The van der Waals surface area contributed by atoms with Crippen LogP contribution in [-0.2, 0) is 0 Å². The summed E-state index contributed by atoms with van der Waals surface area (Å²) in [4.78, 5) is 20.2. The number of carbonyl (C=O) groups is 1. The molecule has 0 spiro atoms. The SMILES string of the molecule is CC(=O)c1ccc(N2CCN(C[C@H](C)O)C[C@@H]2C)nc1. The molecule has 0 unspecified atom stereocenters. The molecule has 0 aromatic carbocycles. The van der Waals surface area contributed by atoms with E-state index in [0.29, 0.717) is 11.6 Å². The number of pyridine rings is 1. The minimum atomic E-state index is -0.290. The predicted molar refractivity (Wildman–Crippen MR) is 79.2 cm³/mol. The highest BCUT2D eigenvalue weighted by atomic mass is 16.3. The molecular weight excluding hydrogens is 254 g/mol. The van der Waals surface area contributed by atoms with Gasteiger partial charge in [0.2, 0.25) is 0 Å². The molecule has 1 aliphatic rings. The third-order valence-corrected chi connectivity index (χ3v) is 3.68. The van der Waals surface area contributed by atoms with Crippen molar-refractivity contribution in [2.75, 3.05) is 31.1 Å². The van der Waals surface area contributed by atoms with Crippen LogP contribution in [0.25, 0.3) is 0 Å². The van der Waals surface area contributed by atoms with Crippen molar-refractivity contribution in [3.05, 3.63) is 23.9 Å². The van der Waals surface area contributed by atoms with Gasteiger partial charge in [0.1, 0.15) is 5.82 Å². The van der Waals surface area contributed by atoms with Crippen LogP contribution in [0, 0.1) is 0 Å². The van der Waals surface area contributed by atoms with Crippen molar-refractivity contribution in [3.8, 4) is 0 Å². The molecule has 1 aromatic heterocycles. The molecule has 2 atom stereocenters. The van der Waals surface area contributed by atoms with Crippen LogP contribution in [0.1, 0.15) is 31.1 Å². The van der Waals surface area contributed by atoms with E-state index in [1.165, 1.54) is 0 Å². The first-order valence-electron chi connectivity index (χ1n) is 7.11. The van der Waals surface area contributed by atoms with Crippen LogP contribution in [0.15, 0.2) is 18.3 Å². The van der Waals surface area contributed by atoms with E-state index in [9.17, 15) is 9.90 Å². The number of ketones is 1. The average molecular weight is 277 g/mol. The number of Topliss-reactive ketones (excluding diaryl/α,β-unsaturated/α-hetero) is 1. The summed E-state index contributed by atoms with van der Waals surface area (Å²) in [6.45, 7) is 8.98. The van der Waals surface area contributed by atoms with Gasteiger partial charge in [0.25, 0.3) is 0 Å². The highest BCUT2D eigenvalue weighted by molar-refractivity contribution is 5.93. The van der Waals surface area contributed by atoms with E-state index < -0.39 is 0 Å². The third kappa shape index (κ3) is 3.55. The molecule has 0 radical (unpaired) electrons. The summed E-state index contributed by atoms with van der Waals surface area (Å²) in [5, 5.41) is 9.46. The Morgan fingerprint density at radius 3 is 2.75 bits per heavy atom. The molecule has 1 saturated heterocycles. The maximum absolute atomic E-state index is 11.3. The highest BCUT2D eigenvalue weighted by Gasteiger charge is 2.25. The molecule has 110 valence electrons. The van der Waals surface area contributed by atoms with Crippen molar-refractivity contribution < 1.29 is 9.90 Å². The maximum Gasteiger partial charge on any atom is 0.161 e. The number of aromatic nitrogens is 1. The van der Waals surface area contributed by atoms with Gasteiger partial charge >= 0.3 is 0 Å². The Balaban J connectivity index is 2.01. The van der Waals surface area contributed by atoms with Crippen molar-refractivity contribution in [1.82, 2.24) is 9.88 Å². The lowest BCUT2D eigenvalue weighted by Gasteiger charge is -2.41. The first kappa shape index (κ1) is 14.9. The van der Waals surface area contributed by atoms with Crippen LogP contribution in [-0.4, -0.2) is 59.1 Å². The third-order valence-electron chi connectivity index (χ3n) is 3.68. The quantitative estimate of drug-likeness (QED) is 0.837. The predicted octanol–water partition coefficient (Wildman–Crippen LogP) is 1.18. The molecule has 2 heterocycles. The molecule has 0 saturated carbocycles. The second-order valence-corrected chi connectivity index (χ2v) is 5.61. The molecule has 5 heteroatoms. The Bertz CT molecular complexity index is 459. The van der Waals surface area contributed by atoms with E-state index in [1.807, 2.05) is 19.1 Å². The highest BCUT2D eigenvalue weighted by Crippen LogP contribution is 2.18. The molecule has 1 N–H and O–H groups in total. The topological polar surface area (TPSA) is 56.7 Å². The largest absolute Gasteiger partial charge is 0.392 e. The molecule has 1 aromatic rings. The second-order valence-electron chi connectivity index (χ2n) is 5.61. The Hall–Kier alpha value is -1.46. The number of aliphatic hydroxyl groups excluding tert-OH is 1. The standard InChI is InChI=1S/C15H23N3O2/c1-11-9-17(10-12(2)19)6-7-18(11)15-5-4-14(8-16-15)13(3)20/h4-5,8,11-12,19H,6-7,9-10H2,1-3H3/t11-,12-/m0/s1. The Labute approximate surface area is 120 Å². The number of aliphatic hydroxyl groups is 1. The summed E-state index contributed by atoms with van der Waals surface area (Å²) in [6, 6.07) is 4.09. The zero-order valence-electron chi connectivity index (χ0n) is 12.4. The van der Waals surface area contributed by atoms with Crippen molar-refractivity contribution in [1.29, 1.82) is 0 Å². The van der Waals surface area contributed by atoms with Gasteiger partial charge in [0, 0.05) is 44.0 Å². The molecule has 0 bridgehead atoms. The molecule has 20 heavy (non-hydrogen) atoms. The number of nitrogens with zero attached hydrogens (tertiary/aromatic N) is 3. The van der Waals surface area contributed by atoms with E-state index in [1.54, 1.807) is 13.1 Å².